The summed E-state index contributed by atoms with van der Waals surface area (Å²) in [5.74, 6) is -0.528. The first kappa shape index (κ1) is 16.2. The van der Waals surface area contributed by atoms with E-state index in [-0.39, 0.29) is 23.6 Å². The molecule has 1 atom stereocenters. The summed E-state index contributed by atoms with van der Waals surface area (Å²) >= 11 is 0. The number of carbonyl (C=O) groups is 1. The summed E-state index contributed by atoms with van der Waals surface area (Å²) in [4.78, 5) is 24.0. The maximum absolute atomic E-state index is 12.1. The fourth-order valence-electron chi connectivity index (χ4n) is 2.33. The lowest BCUT2D eigenvalue weighted by atomic mass is 10.1. The SMILES string of the molecule is Cc1nn(CC(=O)N[C@@H]2CCS(=O)(=O)C2)c(=O)c(C#N)c1C. The maximum Gasteiger partial charge on any atom is 0.285 e. The highest BCUT2D eigenvalue weighted by Gasteiger charge is 2.29. The minimum atomic E-state index is -3.09. The molecular weight excluding hydrogens is 308 g/mol. The van der Waals surface area contributed by atoms with E-state index < -0.39 is 27.3 Å². The standard InChI is InChI=1S/C13H16N4O4S/c1-8-9(2)16-17(13(19)11(8)5-14)6-12(18)15-10-3-4-22(20,21)7-10/h10H,3-4,6-7H2,1-2H3,(H,15,18)/t10-/m1/s1. The van der Waals surface area contributed by atoms with Crippen molar-refractivity contribution in [2.24, 2.45) is 0 Å². The Bertz CT molecular complexity index is 820. The van der Waals surface area contributed by atoms with Gasteiger partial charge in [-0.25, -0.2) is 13.1 Å². The first-order valence-electron chi connectivity index (χ1n) is 6.71. The predicted octanol–water partition coefficient (Wildman–Crippen LogP) is -0.965. The number of nitrogens with one attached hydrogen (secondary N) is 1. The number of nitriles is 1. The van der Waals surface area contributed by atoms with Crippen molar-refractivity contribution in [3.8, 4) is 6.07 Å². The van der Waals surface area contributed by atoms with Crippen LogP contribution in [0.3, 0.4) is 0 Å². The van der Waals surface area contributed by atoms with E-state index in [1.165, 1.54) is 0 Å². The van der Waals surface area contributed by atoms with Crippen LogP contribution in [-0.2, 0) is 21.2 Å². The number of nitrogens with zero attached hydrogens (tertiary/aromatic N) is 3. The van der Waals surface area contributed by atoms with Crippen LogP contribution in [0, 0.1) is 25.2 Å². The lowest BCUT2D eigenvalue weighted by molar-refractivity contribution is -0.122. The van der Waals surface area contributed by atoms with Crippen LogP contribution in [0.25, 0.3) is 0 Å². The van der Waals surface area contributed by atoms with Crippen molar-refractivity contribution in [1.29, 1.82) is 5.26 Å². The second-order valence-corrected chi connectivity index (χ2v) is 7.56. The average Bonchev–Trinajstić information content (AvgIpc) is 2.75. The normalized spacial score (nSPS) is 19.6. The third kappa shape index (κ3) is 3.33. The van der Waals surface area contributed by atoms with Gasteiger partial charge in [0.15, 0.2) is 9.84 Å². The molecule has 22 heavy (non-hydrogen) atoms. The van der Waals surface area contributed by atoms with Crippen LogP contribution >= 0.6 is 0 Å². The van der Waals surface area contributed by atoms with Gasteiger partial charge in [-0.2, -0.15) is 10.4 Å². The van der Waals surface area contributed by atoms with E-state index in [1.807, 2.05) is 6.07 Å². The summed E-state index contributed by atoms with van der Waals surface area (Å²) < 4.78 is 23.6. The Kier molecular flexibility index (Phi) is 4.32. The second kappa shape index (κ2) is 5.88. The van der Waals surface area contributed by atoms with Crippen molar-refractivity contribution < 1.29 is 13.2 Å². The highest BCUT2D eigenvalue weighted by molar-refractivity contribution is 7.91. The van der Waals surface area contributed by atoms with Gasteiger partial charge in [-0.15, -0.1) is 0 Å². The van der Waals surface area contributed by atoms with Crippen LogP contribution in [0.15, 0.2) is 4.79 Å². The third-order valence-corrected chi connectivity index (χ3v) is 5.41. The van der Waals surface area contributed by atoms with Crippen LogP contribution in [0.1, 0.15) is 23.2 Å². The molecule has 1 fully saturated rings. The van der Waals surface area contributed by atoms with Crippen LogP contribution in [0.2, 0.25) is 0 Å². The molecule has 8 nitrogen and oxygen atoms in total. The Labute approximate surface area is 127 Å². The Hall–Kier alpha value is -2.21. The number of hydrogen-bond acceptors (Lipinski definition) is 6. The zero-order valence-electron chi connectivity index (χ0n) is 12.3. The summed E-state index contributed by atoms with van der Waals surface area (Å²) in [6.45, 7) is 2.93. The van der Waals surface area contributed by atoms with Gasteiger partial charge in [0.05, 0.1) is 17.2 Å². The molecule has 9 heteroatoms. The lowest BCUT2D eigenvalue weighted by Crippen LogP contribution is -2.40. The monoisotopic (exact) mass is 324 g/mol. The van der Waals surface area contributed by atoms with Crippen LogP contribution in [0.4, 0.5) is 0 Å². The molecule has 1 aliphatic rings. The van der Waals surface area contributed by atoms with Crippen molar-refractivity contribution in [1.82, 2.24) is 15.1 Å². The Morgan fingerprint density at radius 3 is 2.73 bits per heavy atom. The van der Waals surface area contributed by atoms with Gasteiger partial charge in [-0.3, -0.25) is 9.59 Å². The molecule has 1 aromatic rings. The van der Waals surface area contributed by atoms with Gasteiger partial charge >= 0.3 is 0 Å². The van der Waals surface area contributed by atoms with Crippen molar-refractivity contribution >= 4 is 15.7 Å². The minimum absolute atomic E-state index is 0.0382. The van der Waals surface area contributed by atoms with Gasteiger partial charge in [0.25, 0.3) is 5.56 Å². The second-order valence-electron chi connectivity index (χ2n) is 5.33. The van der Waals surface area contributed by atoms with E-state index in [0.717, 1.165) is 4.68 Å². The van der Waals surface area contributed by atoms with E-state index >= 15 is 0 Å². The van der Waals surface area contributed by atoms with Crippen molar-refractivity contribution in [3.63, 3.8) is 0 Å². The molecule has 2 rings (SSSR count). The lowest BCUT2D eigenvalue weighted by Gasteiger charge is -2.12. The van der Waals surface area contributed by atoms with Gasteiger partial charge < -0.3 is 5.32 Å². The van der Waals surface area contributed by atoms with Gasteiger partial charge in [0.1, 0.15) is 18.2 Å². The number of carbonyl (C=O) groups excluding carboxylic acids is 1. The molecule has 1 N–H and O–H groups in total. The zero-order valence-corrected chi connectivity index (χ0v) is 13.1. The number of aromatic nitrogens is 2. The Morgan fingerprint density at radius 2 is 2.18 bits per heavy atom. The number of aryl methyl sites for hydroxylation is 1. The molecule has 1 saturated heterocycles. The average molecular weight is 324 g/mol. The molecule has 118 valence electrons. The summed E-state index contributed by atoms with van der Waals surface area (Å²) in [6, 6.07) is 1.38. The van der Waals surface area contributed by atoms with E-state index in [1.54, 1.807) is 13.8 Å². The first-order chi connectivity index (χ1) is 10.2. The van der Waals surface area contributed by atoms with Crippen LogP contribution in [-0.4, -0.2) is 41.7 Å². The predicted molar refractivity (Wildman–Crippen MR) is 77.9 cm³/mol. The molecule has 0 aliphatic carbocycles. The quantitative estimate of drug-likeness (QED) is 0.764. The zero-order chi connectivity index (χ0) is 16.5. The summed E-state index contributed by atoms with van der Waals surface area (Å²) in [5.41, 5.74) is 0.321. The van der Waals surface area contributed by atoms with E-state index in [2.05, 4.69) is 10.4 Å². The van der Waals surface area contributed by atoms with Crippen molar-refractivity contribution in [2.75, 3.05) is 11.5 Å². The summed E-state index contributed by atoms with van der Waals surface area (Å²) in [5, 5.41) is 15.6. The van der Waals surface area contributed by atoms with Gasteiger partial charge in [0, 0.05) is 6.04 Å². The molecule has 1 amide bonds. The third-order valence-electron chi connectivity index (χ3n) is 3.64. The van der Waals surface area contributed by atoms with Gasteiger partial charge in [-0.05, 0) is 25.8 Å². The maximum atomic E-state index is 12.1. The number of rotatable bonds is 3. The van der Waals surface area contributed by atoms with E-state index in [4.69, 9.17) is 5.26 Å². The summed E-state index contributed by atoms with van der Waals surface area (Å²) in [6.07, 6.45) is 0.368. The first-order valence-corrected chi connectivity index (χ1v) is 8.54. The largest absolute Gasteiger partial charge is 0.351 e. The molecule has 1 aromatic heterocycles. The summed E-state index contributed by atoms with van der Waals surface area (Å²) in [7, 11) is -3.09. The minimum Gasteiger partial charge on any atom is -0.351 e. The highest BCUT2D eigenvalue weighted by atomic mass is 32.2. The molecule has 0 saturated carbocycles. The van der Waals surface area contributed by atoms with Crippen LogP contribution in [0.5, 0.6) is 0 Å². The van der Waals surface area contributed by atoms with E-state index in [9.17, 15) is 18.0 Å². The molecule has 1 aliphatic heterocycles. The smallest absolute Gasteiger partial charge is 0.285 e. The molecule has 0 unspecified atom stereocenters. The molecule has 0 aromatic carbocycles. The highest BCUT2D eigenvalue weighted by Crippen LogP contribution is 2.11. The molecule has 2 heterocycles. The molecule has 0 radical (unpaired) electrons. The topological polar surface area (TPSA) is 122 Å². The Morgan fingerprint density at radius 1 is 1.50 bits per heavy atom. The fourth-order valence-corrected chi connectivity index (χ4v) is 4.00. The van der Waals surface area contributed by atoms with Gasteiger partial charge in [0.2, 0.25) is 5.91 Å². The fraction of sp³-hybridized carbons (Fsp3) is 0.538. The van der Waals surface area contributed by atoms with Gasteiger partial charge in [-0.1, -0.05) is 0 Å². The van der Waals surface area contributed by atoms with Crippen LogP contribution < -0.4 is 10.9 Å². The molecular formula is C13H16N4O4S. The van der Waals surface area contributed by atoms with Crippen molar-refractivity contribution in [3.05, 3.63) is 27.2 Å². The van der Waals surface area contributed by atoms with Crippen molar-refractivity contribution in [2.45, 2.75) is 32.9 Å². The number of hydrogen-bond donors (Lipinski definition) is 1. The van der Waals surface area contributed by atoms with E-state index in [0.29, 0.717) is 17.7 Å². The number of sulfone groups is 1. The number of amides is 1. The molecule has 0 bridgehead atoms. The Balaban J connectivity index is 2.15. The molecule has 0 spiro atoms.